The molecule has 0 N–H and O–H groups in total. The molecular formula is C10H6Cl2O. The lowest BCUT2D eigenvalue weighted by Crippen LogP contribution is -1.98. The van der Waals surface area contributed by atoms with Crippen molar-refractivity contribution in [1.82, 2.24) is 0 Å². The summed E-state index contributed by atoms with van der Waals surface area (Å²) in [6.07, 6.45) is 5.09. The predicted octanol–water partition coefficient (Wildman–Crippen LogP) is 2.74. The maximum atomic E-state index is 10.9. The van der Waals surface area contributed by atoms with E-state index in [0.717, 1.165) is 0 Å². The molecule has 0 aliphatic rings. The van der Waals surface area contributed by atoms with Crippen LogP contribution in [-0.4, -0.2) is 5.78 Å². The summed E-state index contributed by atoms with van der Waals surface area (Å²) in [4.78, 5) is 10.9. The Kier molecular flexibility index (Phi) is 3.36. The van der Waals surface area contributed by atoms with Crippen LogP contribution in [-0.2, 0) is 11.2 Å². The fourth-order valence-electron chi connectivity index (χ4n) is 0.889. The second-order valence-electron chi connectivity index (χ2n) is 2.48. The molecule has 0 heterocycles. The molecule has 13 heavy (non-hydrogen) atoms. The van der Waals surface area contributed by atoms with Gasteiger partial charge in [0.2, 0.25) is 5.78 Å². The van der Waals surface area contributed by atoms with Crippen LogP contribution < -0.4 is 0 Å². The van der Waals surface area contributed by atoms with Crippen molar-refractivity contribution in [3.05, 3.63) is 33.8 Å². The van der Waals surface area contributed by atoms with Crippen LogP contribution in [0.5, 0.6) is 0 Å². The van der Waals surface area contributed by atoms with Gasteiger partial charge < -0.3 is 0 Å². The molecule has 0 aliphatic heterocycles. The van der Waals surface area contributed by atoms with Gasteiger partial charge in [0, 0.05) is 16.5 Å². The molecule has 0 aliphatic carbocycles. The van der Waals surface area contributed by atoms with Gasteiger partial charge in [0.1, 0.15) is 0 Å². The highest BCUT2D eigenvalue weighted by Gasteiger charge is 2.04. The summed E-state index contributed by atoms with van der Waals surface area (Å²) in [5.74, 6) is 1.74. The Labute approximate surface area is 86.7 Å². The Morgan fingerprint density at radius 3 is 2.69 bits per heavy atom. The normalized spacial score (nSPS) is 9.31. The lowest BCUT2D eigenvalue weighted by molar-refractivity contribution is -0.113. The van der Waals surface area contributed by atoms with Gasteiger partial charge in [-0.05, 0) is 23.6 Å². The largest absolute Gasteiger partial charge is 0.285 e. The Hall–Kier alpha value is -0.970. The van der Waals surface area contributed by atoms with Gasteiger partial charge in [-0.25, -0.2) is 0 Å². The minimum absolute atomic E-state index is 0.159. The number of terminal acetylenes is 1. The smallest absolute Gasteiger partial charge is 0.209 e. The number of ketones is 1. The third-order valence-electron chi connectivity index (χ3n) is 1.53. The summed E-state index contributed by atoms with van der Waals surface area (Å²) >= 11 is 11.5. The fourth-order valence-corrected chi connectivity index (χ4v) is 1.36. The van der Waals surface area contributed by atoms with E-state index in [1.807, 2.05) is 5.92 Å². The van der Waals surface area contributed by atoms with E-state index in [9.17, 15) is 4.79 Å². The third-order valence-corrected chi connectivity index (χ3v) is 2.11. The standard InChI is InChI=1S/C10H6Cl2O/c1-2-9(13)5-7-3-4-8(11)6-10(7)12/h1,3-4,6H,5H2. The van der Waals surface area contributed by atoms with E-state index in [1.54, 1.807) is 18.2 Å². The first-order valence-electron chi connectivity index (χ1n) is 3.57. The van der Waals surface area contributed by atoms with E-state index in [4.69, 9.17) is 29.6 Å². The van der Waals surface area contributed by atoms with Crippen LogP contribution >= 0.6 is 23.2 Å². The minimum Gasteiger partial charge on any atom is -0.285 e. The van der Waals surface area contributed by atoms with Gasteiger partial charge in [0.15, 0.2) is 0 Å². The molecular weight excluding hydrogens is 207 g/mol. The average Bonchev–Trinajstić information content (AvgIpc) is 2.09. The van der Waals surface area contributed by atoms with E-state index in [2.05, 4.69) is 0 Å². The van der Waals surface area contributed by atoms with Crippen molar-refractivity contribution in [2.75, 3.05) is 0 Å². The number of Topliss-reactive ketones (excluding diaryl/α,β-unsaturated/α-hetero) is 1. The Bertz CT molecular complexity index is 377. The second-order valence-corrected chi connectivity index (χ2v) is 3.32. The lowest BCUT2D eigenvalue weighted by Gasteiger charge is -2.00. The second kappa shape index (κ2) is 4.32. The quantitative estimate of drug-likeness (QED) is 0.545. The zero-order chi connectivity index (χ0) is 9.84. The van der Waals surface area contributed by atoms with Crippen molar-refractivity contribution in [3.63, 3.8) is 0 Å². The number of rotatable bonds is 2. The Morgan fingerprint density at radius 2 is 2.15 bits per heavy atom. The van der Waals surface area contributed by atoms with E-state index >= 15 is 0 Å². The number of hydrogen-bond donors (Lipinski definition) is 0. The molecule has 0 fully saturated rings. The van der Waals surface area contributed by atoms with Gasteiger partial charge in [0.05, 0.1) is 0 Å². The molecule has 0 spiro atoms. The molecule has 66 valence electrons. The average molecular weight is 213 g/mol. The Balaban J connectivity index is 2.91. The van der Waals surface area contributed by atoms with Gasteiger partial charge in [-0.1, -0.05) is 29.3 Å². The highest BCUT2D eigenvalue weighted by atomic mass is 35.5. The van der Waals surface area contributed by atoms with Crippen LogP contribution in [0.2, 0.25) is 10.0 Å². The summed E-state index contributed by atoms with van der Waals surface area (Å²) in [6, 6.07) is 4.95. The van der Waals surface area contributed by atoms with Crippen molar-refractivity contribution in [2.24, 2.45) is 0 Å². The summed E-state index contributed by atoms with van der Waals surface area (Å²) in [5.41, 5.74) is 0.703. The van der Waals surface area contributed by atoms with Crippen molar-refractivity contribution >= 4 is 29.0 Å². The van der Waals surface area contributed by atoms with Crippen molar-refractivity contribution in [1.29, 1.82) is 0 Å². The maximum Gasteiger partial charge on any atom is 0.209 e. The summed E-state index contributed by atoms with van der Waals surface area (Å²) in [6.45, 7) is 0. The fraction of sp³-hybridized carbons (Fsp3) is 0.100. The molecule has 1 aromatic rings. The van der Waals surface area contributed by atoms with Crippen molar-refractivity contribution < 1.29 is 4.79 Å². The van der Waals surface area contributed by atoms with Crippen LogP contribution in [0.4, 0.5) is 0 Å². The SMILES string of the molecule is C#CC(=O)Cc1ccc(Cl)cc1Cl. The summed E-state index contributed by atoms with van der Waals surface area (Å²) in [5, 5.41) is 1.01. The van der Waals surface area contributed by atoms with Crippen LogP contribution in [0.15, 0.2) is 18.2 Å². The molecule has 0 saturated carbocycles. The molecule has 0 aromatic heterocycles. The number of halogens is 2. The van der Waals surface area contributed by atoms with Crippen LogP contribution in [0.1, 0.15) is 5.56 Å². The van der Waals surface area contributed by atoms with Crippen molar-refractivity contribution in [2.45, 2.75) is 6.42 Å². The molecule has 0 unspecified atom stereocenters. The van der Waals surface area contributed by atoms with Crippen molar-refractivity contribution in [3.8, 4) is 12.3 Å². The van der Waals surface area contributed by atoms with Gasteiger partial charge >= 0.3 is 0 Å². The molecule has 1 aromatic carbocycles. The molecule has 0 radical (unpaired) electrons. The van der Waals surface area contributed by atoms with Gasteiger partial charge in [-0.2, -0.15) is 0 Å². The topological polar surface area (TPSA) is 17.1 Å². The molecule has 0 saturated heterocycles. The van der Waals surface area contributed by atoms with E-state index < -0.39 is 0 Å². The number of carbonyl (C=O) groups is 1. The summed E-state index contributed by atoms with van der Waals surface area (Å²) in [7, 11) is 0. The first-order valence-corrected chi connectivity index (χ1v) is 4.32. The molecule has 3 heteroatoms. The summed E-state index contributed by atoms with van der Waals surface area (Å²) < 4.78 is 0. The minimum atomic E-state index is -0.288. The van der Waals surface area contributed by atoms with Crippen LogP contribution in [0.3, 0.4) is 0 Å². The van der Waals surface area contributed by atoms with Gasteiger partial charge in [-0.3, -0.25) is 4.79 Å². The zero-order valence-electron chi connectivity index (χ0n) is 6.68. The molecule has 0 bridgehead atoms. The van der Waals surface area contributed by atoms with E-state index in [0.29, 0.717) is 15.6 Å². The highest BCUT2D eigenvalue weighted by molar-refractivity contribution is 6.35. The van der Waals surface area contributed by atoms with Gasteiger partial charge in [-0.15, -0.1) is 6.42 Å². The van der Waals surface area contributed by atoms with E-state index in [1.165, 1.54) is 0 Å². The molecule has 1 nitrogen and oxygen atoms in total. The molecule has 0 atom stereocenters. The predicted molar refractivity (Wildman–Crippen MR) is 54.0 cm³/mol. The third kappa shape index (κ3) is 2.77. The maximum absolute atomic E-state index is 10.9. The zero-order valence-corrected chi connectivity index (χ0v) is 8.19. The van der Waals surface area contributed by atoms with Gasteiger partial charge in [0.25, 0.3) is 0 Å². The highest BCUT2D eigenvalue weighted by Crippen LogP contribution is 2.21. The molecule has 1 rings (SSSR count). The first-order chi connectivity index (χ1) is 6.13. The number of carbonyl (C=O) groups excluding carboxylic acids is 1. The number of hydrogen-bond acceptors (Lipinski definition) is 1. The monoisotopic (exact) mass is 212 g/mol. The first kappa shape index (κ1) is 10.1. The lowest BCUT2D eigenvalue weighted by atomic mass is 10.1. The van der Waals surface area contributed by atoms with Crippen LogP contribution in [0.25, 0.3) is 0 Å². The Morgan fingerprint density at radius 1 is 1.46 bits per heavy atom. The van der Waals surface area contributed by atoms with E-state index in [-0.39, 0.29) is 12.2 Å². The number of benzene rings is 1. The van der Waals surface area contributed by atoms with Crippen LogP contribution in [0, 0.1) is 12.3 Å². The molecule has 0 amide bonds.